The Morgan fingerprint density at radius 3 is 2.58 bits per heavy atom. The van der Waals surface area contributed by atoms with Crippen LogP contribution in [0, 0.1) is 6.92 Å². The quantitative estimate of drug-likeness (QED) is 0.941. The summed E-state index contributed by atoms with van der Waals surface area (Å²) in [6.45, 7) is 1.69. The van der Waals surface area contributed by atoms with Crippen LogP contribution >= 0.6 is 23.2 Å². The van der Waals surface area contributed by atoms with E-state index in [0.29, 0.717) is 33.9 Å². The summed E-state index contributed by atoms with van der Waals surface area (Å²) >= 11 is 11.9. The van der Waals surface area contributed by atoms with Crippen molar-refractivity contribution >= 4 is 34.8 Å². The summed E-state index contributed by atoms with van der Waals surface area (Å²) in [6, 6.07) is 5.02. The molecule has 1 amide bonds. The third-order valence-corrected chi connectivity index (χ3v) is 2.99. The molecule has 1 N–H and O–H groups in total. The number of benzene rings is 1. The van der Waals surface area contributed by atoms with Crippen LogP contribution < -0.4 is 5.32 Å². The molecular weight excluding hydrogens is 289 g/mol. The van der Waals surface area contributed by atoms with E-state index in [1.165, 1.54) is 0 Å². The van der Waals surface area contributed by atoms with Gasteiger partial charge in [-0.3, -0.25) is 4.79 Å². The first-order valence-electron chi connectivity index (χ1n) is 5.59. The number of carbonyl (C=O) groups is 1. The van der Waals surface area contributed by atoms with Crippen molar-refractivity contribution in [1.29, 1.82) is 0 Å². The number of nitrogens with one attached hydrogen (secondary N) is 1. The highest BCUT2D eigenvalue weighted by atomic mass is 35.5. The van der Waals surface area contributed by atoms with Gasteiger partial charge < -0.3 is 9.73 Å². The van der Waals surface area contributed by atoms with Crippen LogP contribution in [0.1, 0.15) is 18.2 Å². The fourth-order valence-corrected chi connectivity index (χ4v) is 1.97. The molecule has 0 unspecified atom stereocenters. The predicted molar refractivity (Wildman–Crippen MR) is 72.4 cm³/mol. The number of para-hydroxylation sites is 1. The lowest BCUT2D eigenvalue weighted by Crippen LogP contribution is -2.13. The number of rotatable bonds is 4. The van der Waals surface area contributed by atoms with Crippen molar-refractivity contribution in [1.82, 2.24) is 10.2 Å². The molecule has 19 heavy (non-hydrogen) atoms. The fraction of sp³-hybridized carbons (Fsp3) is 0.250. The number of amides is 1. The Bertz CT molecular complexity index is 578. The van der Waals surface area contributed by atoms with Crippen molar-refractivity contribution in [3.8, 4) is 0 Å². The molecule has 1 aromatic heterocycles. The number of aromatic nitrogens is 2. The first-order valence-corrected chi connectivity index (χ1v) is 6.34. The average Bonchev–Trinajstić information content (AvgIpc) is 2.77. The Hall–Kier alpha value is -1.59. The van der Waals surface area contributed by atoms with Crippen molar-refractivity contribution in [2.24, 2.45) is 0 Å². The van der Waals surface area contributed by atoms with E-state index in [1.54, 1.807) is 25.1 Å². The van der Waals surface area contributed by atoms with E-state index >= 15 is 0 Å². The lowest BCUT2D eigenvalue weighted by Gasteiger charge is -2.08. The van der Waals surface area contributed by atoms with Gasteiger partial charge in [-0.25, -0.2) is 0 Å². The lowest BCUT2D eigenvalue weighted by atomic mass is 10.2. The molecule has 1 heterocycles. The fourth-order valence-electron chi connectivity index (χ4n) is 1.48. The molecule has 0 saturated carbocycles. The zero-order valence-electron chi connectivity index (χ0n) is 10.1. The van der Waals surface area contributed by atoms with E-state index < -0.39 is 0 Å². The van der Waals surface area contributed by atoms with Gasteiger partial charge >= 0.3 is 0 Å². The predicted octanol–water partition coefficient (Wildman–Crippen LogP) is 3.26. The summed E-state index contributed by atoms with van der Waals surface area (Å²) in [6.07, 6.45) is 0.581. The number of aryl methyl sites for hydroxylation is 2. The molecule has 7 heteroatoms. The van der Waals surface area contributed by atoms with E-state index in [1.807, 2.05) is 0 Å². The zero-order chi connectivity index (χ0) is 13.8. The molecule has 0 saturated heterocycles. The molecule has 0 spiro atoms. The van der Waals surface area contributed by atoms with E-state index in [-0.39, 0.29) is 12.3 Å². The van der Waals surface area contributed by atoms with Gasteiger partial charge in [0.15, 0.2) is 0 Å². The number of hydrogen-bond acceptors (Lipinski definition) is 4. The molecule has 0 aliphatic carbocycles. The molecule has 5 nitrogen and oxygen atoms in total. The van der Waals surface area contributed by atoms with Gasteiger partial charge in [-0.05, 0) is 12.1 Å². The van der Waals surface area contributed by atoms with Crippen LogP contribution in [-0.2, 0) is 11.2 Å². The minimum absolute atomic E-state index is 0.211. The van der Waals surface area contributed by atoms with Crippen LogP contribution in [0.2, 0.25) is 10.0 Å². The van der Waals surface area contributed by atoms with E-state index in [4.69, 9.17) is 27.6 Å². The molecule has 0 aliphatic rings. The summed E-state index contributed by atoms with van der Waals surface area (Å²) in [7, 11) is 0. The summed E-state index contributed by atoms with van der Waals surface area (Å²) in [5.74, 6) is 0.688. The van der Waals surface area contributed by atoms with Crippen molar-refractivity contribution in [3.05, 3.63) is 40.0 Å². The molecule has 0 fully saturated rings. The van der Waals surface area contributed by atoms with Gasteiger partial charge in [0.1, 0.15) is 0 Å². The molecule has 2 rings (SSSR count). The topological polar surface area (TPSA) is 68.0 Å². The summed E-state index contributed by atoms with van der Waals surface area (Å²) in [5, 5.41) is 11.0. The number of nitrogens with zero attached hydrogens (tertiary/aromatic N) is 2. The molecule has 0 radical (unpaired) electrons. The zero-order valence-corrected chi connectivity index (χ0v) is 11.6. The smallest absolute Gasteiger partial charge is 0.224 e. The Labute approximate surface area is 119 Å². The highest BCUT2D eigenvalue weighted by molar-refractivity contribution is 6.39. The minimum atomic E-state index is -0.217. The second-order valence-corrected chi connectivity index (χ2v) is 4.67. The maximum absolute atomic E-state index is 11.8. The van der Waals surface area contributed by atoms with Gasteiger partial charge in [-0.1, -0.05) is 29.3 Å². The van der Waals surface area contributed by atoms with Crippen LogP contribution in [-0.4, -0.2) is 16.1 Å². The van der Waals surface area contributed by atoms with E-state index in [9.17, 15) is 4.79 Å². The molecule has 0 aliphatic heterocycles. The number of anilines is 1. The summed E-state index contributed by atoms with van der Waals surface area (Å²) < 4.78 is 5.18. The van der Waals surface area contributed by atoms with Crippen LogP contribution in [0.3, 0.4) is 0 Å². The van der Waals surface area contributed by atoms with Gasteiger partial charge in [-0.2, -0.15) is 0 Å². The largest absolute Gasteiger partial charge is 0.426 e. The number of halogens is 2. The van der Waals surface area contributed by atoms with Gasteiger partial charge in [-0.15, -0.1) is 10.2 Å². The SMILES string of the molecule is Cc1nnc(CCC(=O)Nc2c(Cl)cccc2Cl)o1. The minimum Gasteiger partial charge on any atom is -0.426 e. The summed E-state index contributed by atoms with van der Waals surface area (Å²) in [5.41, 5.74) is 0.414. The second kappa shape index (κ2) is 6.04. The van der Waals surface area contributed by atoms with Gasteiger partial charge in [0.25, 0.3) is 0 Å². The highest BCUT2D eigenvalue weighted by Gasteiger charge is 2.11. The van der Waals surface area contributed by atoms with Crippen molar-refractivity contribution in [3.63, 3.8) is 0 Å². The van der Waals surface area contributed by atoms with Crippen molar-refractivity contribution in [2.75, 3.05) is 5.32 Å². The first kappa shape index (κ1) is 13.8. The monoisotopic (exact) mass is 299 g/mol. The Kier molecular flexibility index (Phi) is 4.39. The second-order valence-electron chi connectivity index (χ2n) is 3.86. The Balaban J connectivity index is 1.94. The maximum atomic E-state index is 11.8. The normalized spacial score (nSPS) is 10.5. The number of carbonyl (C=O) groups excluding carboxylic acids is 1. The van der Waals surface area contributed by atoms with Gasteiger partial charge in [0.2, 0.25) is 17.7 Å². The van der Waals surface area contributed by atoms with E-state index in [0.717, 1.165) is 0 Å². The molecule has 100 valence electrons. The van der Waals surface area contributed by atoms with Crippen molar-refractivity contribution in [2.45, 2.75) is 19.8 Å². The highest BCUT2D eigenvalue weighted by Crippen LogP contribution is 2.29. The third kappa shape index (κ3) is 3.68. The van der Waals surface area contributed by atoms with Crippen LogP contribution in [0.4, 0.5) is 5.69 Å². The molecule has 0 atom stereocenters. The Morgan fingerprint density at radius 1 is 1.32 bits per heavy atom. The van der Waals surface area contributed by atoms with Crippen LogP contribution in [0.15, 0.2) is 22.6 Å². The lowest BCUT2D eigenvalue weighted by molar-refractivity contribution is -0.116. The molecular formula is C12H11Cl2N3O2. The van der Waals surface area contributed by atoms with E-state index in [2.05, 4.69) is 15.5 Å². The average molecular weight is 300 g/mol. The third-order valence-electron chi connectivity index (χ3n) is 2.36. The standard InChI is InChI=1S/C12H11Cl2N3O2/c1-7-16-17-11(19-7)6-5-10(18)15-12-8(13)3-2-4-9(12)14/h2-4H,5-6H2,1H3,(H,15,18). The van der Waals surface area contributed by atoms with Gasteiger partial charge in [0, 0.05) is 19.8 Å². The van der Waals surface area contributed by atoms with Crippen LogP contribution in [0.25, 0.3) is 0 Å². The van der Waals surface area contributed by atoms with Crippen molar-refractivity contribution < 1.29 is 9.21 Å². The molecule has 0 bridgehead atoms. The van der Waals surface area contributed by atoms with Gasteiger partial charge in [0.05, 0.1) is 15.7 Å². The first-order chi connectivity index (χ1) is 9.06. The van der Waals surface area contributed by atoms with Crippen LogP contribution in [0.5, 0.6) is 0 Å². The number of hydrogen-bond donors (Lipinski definition) is 1. The summed E-state index contributed by atoms with van der Waals surface area (Å²) in [4.78, 5) is 11.8. The Morgan fingerprint density at radius 2 is 2.00 bits per heavy atom. The molecule has 1 aromatic carbocycles. The maximum Gasteiger partial charge on any atom is 0.224 e. The molecule has 2 aromatic rings.